The van der Waals surface area contributed by atoms with E-state index in [0.717, 1.165) is 21.8 Å². The van der Waals surface area contributed by atoms with Gasteiger partial charge < -0.3 is 4.42 Å². The van der Waals surface area contributed by atoms with Crippen molar-refractivity contribution in [2.24, 2.45) is 0 Å². The number of para-hydroxylation sites is 1. The zero-order chi connectivity index (χ0) is 14.2. The molecule has 0 saturated heterocycles. The van der Waals surface area contributed by atoms with Gasteiger partial charge in [0, 0.05) is 18.2 Å². The summed E-state index contributed by atoms with van der Waals surface area (Å²) < 4.78 is 5.42. The molecule has 0 bridgehead atoms. The largest absolute Gasteiger partial charge is 0.425 e. The molecule has 2 aromatic heterocycles. The lowest BCUT2D eigenvalue weighted by Gasteiger charge is -2.06. The molecule has 1 aromatic carbocycles. The molecule has 0 aliphatic heterocycles. The van der Waals surface area contributed by atoms with Crippen molar-refractivity contribution in [2.75, 3.05) is 0 Å². The number of hydrogen-bond acceptors (Lipinski definition) is 6. The molecule has 0 N–H and O–H groups in total. The van der Waals surface area contributed by atoms with Gasteiger partial charge in [0.15, 0.2) is 0 Å². The second-order valence-corrected chi connectivity index (χ2v) is 6.15. The minimum atomic E-state index is 0.541. The molecule has 0 amide bonds. The number of benzene rings is 1. The van der Waals surface area contributed by atoms with Gasteiger partial charge in [0.1, 0.15) is 10.9 Å². The number of rotatable bonds is 4. The Hall–Kier alpha value is -1.95. The SMILES string of the molecule is Cc1nnc(CSc2nc(C3CC3)nc3ccccc23)o1. The fourth-order valence-corrected chi connectivity index (χ4v) is 3.09. The fraction of sp³-hybridized carbons (Fsp3) is 0.333. The second-order valence-electron chi connectivity index (χ2n) is 5.18. The first-order chi connectivity index (χ1) is 10.3. The predicted molar refractivity (Wildman–Crippen MR) is 80.1 cm³/mol. The van der Waals surface area contributed by atoms with Crippen molar-refractivity contribution in [3.05, 3.63) is 41.9 Å². The Bertz CT molecular complexity index is 797. The summed E-state index contributed by atoms with van der Waals surface area (Å²) in [5.74, 6) is 3.37. The van der Waals surface area contributed by atoms with Crippen LogP contribution in [0.25, 0.3) is 10.9 Å². The average molecular weight is 298 g/mol. The molecule has 4 rings (SSSR count). The van der Waals surface area contributed by atoms with Crippen LogP contribution in [0.15, 0.2) is 33.7 Å². The number of aryl methyl sites for hydroxylation is 1. The number of fused-ring (bicyclic) bond motifs is 1. The molecule has 1 fully saturated rings. The molecule has 106 valence electrons. The lowest BCUT2D eigenvalue weighted by molar-refractivity contribution is 0.485. The van der Waals surface area contributed by atoms with Crippen molar-refractivity contribution >= 4 is 22.7 Å². The van der Waals surface area contributed by atoms with Crippen molar-refractivity contribution in [1.82, 2.24) is 20.2 Å². The summed E-state index contributed by atoms with van der Waals surface area (Å²) in [4.78, 5) is 9.43. The highest BCUT2D eigenvalue weighted by atomic mass is 32.2. The monoisotopic (exact) mass is 298 g/mol. The summed E-state index contributed by atoms with van der Waals surface area (Å²) in [5, 5.41) is 9.97. The maximum atomic E-state index is 5.42. The molecule has 0 unspecified atom stereocenters. The normalized spacial score (nSPS) is 14.7. The molecule has 1 aliphatic rings. The van der Waals surface area contributed by atoms with E-state index in [-0.39, 0.29) is 0 Å². The van der Waals surface area contributed by atoms with Gasteiger partial charge in [0.2, 0.25) is 11.8 Å². The average Bonchev–Trinajstić information content (AvgIpc) is 3.27. The van der Waals surface area contributed by atoms with Crippen LogP contribution in [0.1, 0.15) is 36.4 Å². The van der Waals surface area contributed by atoms with E-state index in [0.29, 0.717) is 23.5 Å². The molecule has 0 radical (unpaired) electrons. The number of hydrogen-bond donors (Lipinski definition) is 0. The third-order valence-corrected chi connectivity index (χ3v) is 4.40. The minimum Gasteiger partial charge on any atom is -0.425 e. The summed E-state index contributed by atoms with van der Waals surface area (Å²) in [6.07, 6.45) is 2.40. The van der Waals surface area contributed by atoms with Gasteiger partial charge in [-0.25, -0.2) is 9.97 Å². The van der Waals surface area contributed by atoms with E-state index in [1.165, 1.54) is 12.8 Å². The summed E-state index contributed by atoms with van der Waals surface area (Å²) in [6.45, 7) is 1.80. The molecule has 0 atom stereocenters. The van der Waals surface area contributed by atoms with Crippen molar-refractivity contribution in [2.45, 2.75) is 36.5 Å². The van der Waals surface area contributed by atoms with Crippen molar-refractivity contribution < 1.29 is 4.42 Å². The van der Waals surface area contributed by atoms with Gasteiger partial charge in [-0.15, -0.1) is 10.2 Å². The summed E-state index contributed by atoms with van der Waals surface area (Å²) in [6, 6.07) is 8.14. The topological polar surface area (TPSA) is 64.7 Å². The molecular formula is C15H14N4OS. The lowest BCUT2D eigenvalue weighted by atomic mass is 10.2. The highest BCUT2D eigenvalue weighted by Crippen LogP contribution is 2.40. The first-order valence-corrected chi connectivity index (χ1v) is 7.96. The van der Waals surface area contributed by atoms with E-state index < -0.39 is 0 Å². The second kappa shape index (κ2) is 5.11. The van der Waals surface area contributed by atoms with Gasteiger partial charge in [0.05, 0.1) is 11.3 Å². The lowest BCUT2D eigenvalue weighted by Crippen LogP contribution is -1.96. The summed E-state index contributed by atoms with van der Waals surface area (Å²) in [5.41, 5.74) is 1.01. The first-order valence-electron chi connectivity index (χ1n) is 6.98. The van der Waals surface area contributed by atoms with Crippen molar-refractivity contribution in [3.63, 3.8) is 0 Å². The molecule has 21 heavy (non-hydrogen) atoms. The zero-order valence-corrected chi connectivity index (χ0v) is 12.4. The Morgan fingerprint density at radius 1 is 1.19 bits per heavy atom. The van der Waals surface area contributed by atoms with E-state index in [2.05, 4.69) is 21.2 Å². The van der Waals surface area contributed by atoms with Gasteiger partial charge in [-0.1, -0.05) is 30.0 Å². The Kier molecular flexibility index (Phi) is 3.11. The highest BCUT2D eigenvalue weighted by Gasteiger charge is 2.27. The summed E-state index contributed by atoms with van der Waals surface area (Å²) in [7, 11) is 0. The molecule has 1 aliphatic carbocycles. The number of nitrogens with zero attached hydrogens (tertiary/aromatic N) is 4. The Balaban J connectivity index is 1.68. The van der Waals surface area contributed by atoms with E-state index in [9.17, 15) is 0 Å². The molecular weight excluding hydrogens is 284 g/mol. The van der Waals surface area contributed by atoms with E-state index >= 15 is 0 Å². The van der Waals surface area contributed by atoms with Gasteiger partial charge in [0.25, 0.3) is 0 Å². The number of aromatic nitrogens is 4. The van der Waals surface area contributed by atoms with Crippen LogP contribution >= 0.6 is 11.8 Å². The predicted octanol–water partition coefficient (Wildman–Crippen LogP) is 3.49. The third kappa shape index (κ3) is 2.63. The number of thioether (sulfide) groups is 1. The fourth-order valence-electron chi connectivity index (χ4n) is 2.22. The van der Waals surface area contributed by atoms with Crippen LogP contribution in [0.4, 0.5) is 0 Å². The van der Waals surface area contributed by atoms with Gasteiger partial charge in [-0.05, 0) is 18.9 Å². The maximum Gasteiger partial charge on any atom is 0.226 e. The van der Waals surface area contributed by atoms with Crippen LogP contribution in [0.5, 0.6) is 0 Å². The standard InChI is InChI=1S/C15H14N4OS/c1-9-18-19-13(20-9)8-21-15-11-4-2-3-5-12(11)16-14(17-15)10-6-7-10/h2-5,10H,6-8H2,1H3. The Labute approximate surface area is 126 Å². The molecule has 5 nitrogen and oxygen atoms in total. The van der Waals surface area contributed by atoms with E-state index in [1.54, 1.807) is 18.7 Å². The van der Waals surface area contributed by atoms with Crippen LogP contribution in [0.2, 0.25) is 0 Å². The quantitative estimate of drug-likeness (QED) is 0.542. The zero-order valence-electron chi connectivity index (χ0n) is 11.6. The molecule has 0 spiro atoms. The van der Waals surface area contributed by atoms with Crippen LogP contribution in [0.3, 0.4) is 0 Å². The maximum absolute atomic E-state index is 5.42. The highest BCUT2D eigenvalue weighted by molar-refractivity contribution is 7.98. The first kappa shape index (κ1) is 12.8. The van der Waals surface area contributed by atoms with E-state index in [4.69, 9.17) is 9.40 Å². The van der Waals surface area contributed by atoms with E-state index in [1.807, 2.05) is 18.2 Å². The van der Waals surface area contributed by atoms with Crippen LogP contribution < -0.4 is 0 Å². The Morgan fingerprint density at radius 2 is 2.05 bits per heavy atom. The van der Waals surface area contributed by atoms with Gasteiger partial charge >= 0.3 is 0 Å². The van der Waals surface area contributed by atoms with Crippen molar-refractivity contribution in [3.8, 4) is 0 Å². The third-order valence-electron chi connectivity index (χ3n) is 3.43. The molecule has 3 aromatic rings. The van der Waals surface area contributed by atoms with Crippen LogP contribution in [0, 0.1) is 6.92 Å². The van der Waals surface area contributed by atoms with Crippen LogP contribution in [-0.2, 0) is 5.75 Å². The van der Waals surface area contributed by atoms with Gasteiger partial charge in [-0.2, -0.15) is 0 Å². The molecule has 2 heterocycles. The van der Waals surface area contributed by atoms with Crippen molar-refractivity contribution in [1.29, 1.82) is 0 Å². The van der Waals surface area contributed by atoms with Crippen LogP contribution in [-0.4, -0.2) is 20.2 Å². The summed E-state index contributed by atoms with van der Waals surface area (Å²) >= 11 is 1.63. The van der Waals surface area contributed by atoms with Gasteiger partial charge in [-0.3, -0.25) is 0 Å². The Morgan fingerprint density at radius 3 is 2.81 bits per heavy atom. The minimum absolute atomic E-state index is 0.541. The smallest absolute Gasteiger partial charge is 0.226 e. The molecule has 6 heteroatoms. The molecule has 1 saturated carbocycles.